The largest absolute Gasteiger partial charge is 0.350 e. The number of carbonyl (C=O) groups is 1. The number of aryl methyl sites for hydroxylation is 3. The number of nitrogens with one attached hydrogen (secondary N) is 1. The molecule has 31 heavy (non-hydrogen) atoms. The molecule has 6 nitrogen and oxygen atoms in total. The van der Waals surface area contributed by atoms with E-state index >= 15 is 0 Å². The molecule has 0 aliphatic rings. The molecule has 0 aliphatic carbocycles. The first-order valence-corrected chi connectivity index (χ1v) is 11.9. The number of hydrogen-bond acceptors (Lipinski definition) is 4. The Morgan fingerprint density at radius 2 is 1.61 bits per heavy atom. The maximum atomic E-state index is 13.1. The fourth-order valence-corrected chi connectivity index (χ4v) is 5.09. The van der Waals surface area contributed by atoms with Crippen molar-refractivity contribution in [2.24, 2.45) is 0 Å². The Morgan fingerprint density at radius 1 is 1.00 bits per heavy atom. The molecule has 1 amide bonds. The molecule has 0 saturated heterocycles. The summed E-state index contributed by atoms with van der Waals surface area (Å²) in [6, 6.07) is 15.4. The third-order valence-corrected chi connectivity index (χ3v) is 7.41. The molecule has 8 heteroatoms. The zero-order valence-electron chi connectivity index (χ0n) is 17.5. The van der Waals surface area contributed by atoms with E-state index in [4.69, 9.17) is 0 Å². The van der Waals surface area contributed by atoms with Crippen molar-refractivity contribution >= 4 is 31.7 Å². The van der Waals surface area contributed by atoms with Crippen molar-refractivity contribution in [3.05, 3.63) is 91.8 Å². The highest BCUT2D eigenvalue weighted by Gasteiger charge is 2.26. The lowest BCUT2D eigenvalue weighted by Gasteiger charge is -2.15. The van der Waals surface area contributed by atoms with Crippen LogP contribution in [-0.2, 0) is 27.7 Å². The highest BCUT2D eigenvalue weighted by atomic mass is 79.9. The van der Waals surface area contributed by atoms with Gasteiger partial charge in [-0.05, 0) is 62.2 Å². The number of sulfone groups is 1. The number of hydrogen-bond donors (Lipinski definition) is 1. The standard InChI is InChI=1S/C23H23BrN2O4S/c1-15-4-6-18(7-5-15)13-25-21(27)14-26-17(3)12-16(2)22(23(26)28)31(29,30)20-10-8-19(24)9-11-20/h4-12H,13-14H2,1-3H3,(H,25,27). The van der Waals surface area contributed by atoms with Crippen molar-refractivity contribution in [2.75, 3.05) is 0 Å². The number of rotatable bonds is 6. The van der Waals surface area contributed by atoms with Crippen molar-refractivity contribution in [1.29, 1.82) is 0 Å². The van der Waals surface area contributed by atoms with Gasteiger partial charge in [-0.1, -0.05) is 45.8 Å². The molecule has 0 spiro atoms. The molecular formula is C23H23BrN2O4S. The van der Waals surface area contributed by atoms with Crippen LogP contribution in [0.4, 0.5) is 0 Å². The van der Waals surface area contributed by atoms with Crippen LogP contribution in [0.25, 0.3) is 0 Å². The van der Waals surface area contributed by atoms with E-state index in [2.05, 4.69) is 21.2 Å². The second-order valence-electron chi connectivity index (χ2n) is 7.41. The van der Waals surface area contributed by atoms with E-state index in [1.165, 1.54) is 16.7 Å². The second kappa shape index (κ2) is 9.20. The van der Waals surface area contributed by atoms with Gasteiger partial charge in [0.25, 0.3) is 5.56 Å². The van der Waals surface area contributed by atoms with Gasteiger partial charge < -0.3 is 9.88 Å². The fourth-order valence-electron chi connectivity index (χ4n) is 3.27. The molecule has 1 aromatic heterocycles. The lowest BCUT2D eigenvalue weighted by Crippen LogP contribution is -2.35. The van der Waals surface area contributed by atoms with Gasteiger partial charge in [-0.3, -0.25) is 9.59 Å². The Hall–Kier alpha value is -2.71. The van der Waals surface area contributed by atoms with Crippen molar-refractivity contribution in [3.63, 3.8) is 0 Å². The number of carbonyl (C=O) groups excluding carboxylic acids is 1. The predicted octanol–water partition coefficient (Wildman–Crippen LogP) is 3.69. The smallest absolute Gasteiger partial charge is 0.270 e. The van der Waals surface area contributed by atoms with Gasteiger partial charge in [-0.2, -0.15) is 0 Å². The molecule has 0 fully saturated rings. The third-order valence-electron chi connectivity index (χ3n) is 4.95. The summed E-state index contributed by atoms with van der Waals surface area (Å²) >= 11 is 3.28. The Kier molecular flexibility index (Phi) is 6.81. The maximum Gasteiger partial charge on any atom is 0.270 e. The molecule has 0 radical (unpaired) electrons. The van der Waals surface area contributed by atoms with Crippen LogP contribution in [0, 0.1) is 20.8 Å². The number of benzene rings is 2. The first-order valence-electron chi connectivity index (χ1n) is 9.63. The fraction of sp³-hybridized carbons (Fsp3) is 0.217. The molecule has 0 atom stereocenters. The van der Waals surface area contributed by atoms with Gasteiger partial charge in [0.2, 0.25) is 15.7 Å². The van der Waals surface area contributed by atoms with Crippen molar-refractivity contribution in [1.82, 2.24) is 9.88 Å². The van der Waals surface area contributed by atoms with Crippen LogP contribution >= 0.6 is 15.9 Å². The third kappa shape index (κ3) is 5.14. The zero-order valence-corrected chi connectivity index (χ0v) is 19.9. The van der Waals surface area contributed by atoms with E-state index in [1.807, 2.05) is 31.2 Å². The van der Waals surface area contributed by atoms with E-state index in [0.29, 0.717) is 17.8 Å². The molecule has 0 saturated carbocycles. The molecule has 3 aromatic rings. The lowest BCUT2D eigenvalue weighted by molar-refractivity contribution is -0.121. The van der Waals surface area contributed by atoms with Gasteiger partial charge in [0.05, 0.1) is 4.90 Å². The second-order valence-corrected chi connectivity index (χ2v) is 10.2. The Bertz CT molecular complexity index is 1280. The zero-order chi connectivity index (χ0) is 22.8. The molecule has 1 N–H and O–H groups in total. The van der Waals surface area contributed by atoms with Crippen LogP contribution in [0.1, 0.15) is 22.4 Å². The molecule has 0 aliphatic heterocycles. The van der Waals surface area contributed by atoms with Crippen LogP contribution < -0.4 is 10.9 Å². The summed E-state index contributed by atoms with van der Waals surface area (Å²) < 4.78 is 28.2. The number of pyridine rings is 1. The van der Waals surface area contributed by atoms with Gasteiger partial charge in [-0.25, -0.2) is 8.42 Å². The number of aromatic nitrogens is 1. The minimum atomic E-state index is -4.04. The van der Waals surface area contributed by atoms with Gasteiger partial charge in [0.1, 0.15) is 11.4 Å². The van der Waals surface area contributed by atoms with Crippen molar-refractivity contribution in [2.45, 2.75) is 43.7 Å². The van der Waals surface area contributed by atoms with Gasteiger partial charge in [-0.15, -0.1) is 0 Å². The summed E-state index contributed by atoms with van der Waals surface area (Å²) in [4.78, 5) is 25.3. The Balaban J connectivity index is 1.90. The molecular weight excluding hydrogens is 480 g/mol. The van der Waals surface area contributed by atoms with Crippen molar-refractivity contribution in [3.8, 4) is 0 Å². The van der Waals surface area contributed by atoms with Crippen LogP contribution in [-0.4, -0.2) is 18.9 Å². The van der Waals surface area contributed by atoms with Crippen LogP contribution in [0.5, 0.6) is 0 Å². The number of nitrogens with zero attached hydrogens (tertiary/aromatic N) is 1. The Morgan fingerprint density at radius 3 is 2.23 bits per heavy atom. The van der Waals surface area contributed by atoms with E-state index in [9.17, 15) is 18.0 Å². The van der Waals surface area contributed by atoms with Gasteiger partial charge >= 0.3 is 0 Å². The van der Waals surface area contributed by atoms with E-state index in [1.54, 1.807) is 32.0 Å². The summed E-state index contributed by atoms with van der Waals surface area (Å²) in [5, 5.41) is 2.78. The average molecular weight is 503 g/mol. The van der Waals surface area contributed by atoms with Gasteiger partial charge in [0.15, 0.2) is 0 Å². The molecule has 162 valence electrons. The topological polar surface area (TPSA) is 85.2 Å². The normalized spacial score (nSPS) is 11.4. The Labute approximate surface area is 190 Å². The predicted molar refractivity (Wildman–Crippen MR) is 123 cm³/mol. The van der Waals surface area contributed by atoms with E-state index in [0.717, 1.165) is 15.6 Å². The minimum Gasteiger partial charge on any atom is -0.350 e. The summed E-state index contributed by atoms with van der Waals surface area (Å²) in [6.45, 7) is 5.30. The lowest BCUT2D eigenvalue weighted by atomic mass is 10.1. The average Bonchev–Trinajstić information content (AvgIpc) is 2.70. The summed E-state index contributed by atoms with van der Waals surface area (Å²) in [5.41, 5.74) is 2.22. The monoisotopic (exact) mass is 502 g/mol. The van der Waals surface area contributed by atoms with Crippen molar-refractivity contribution < 1.29 is 13.2 Å². The van der Waals surface area contributed by atoms with Crippen LogP contribution in [0.3, 0.4) is 0 Å². The SMILES string of the molecule is Cc1ccc(CNC(=O)Cn2c(C)cc(C)c(S(=O)(=O)c3ccc(Br)cc3)c2=O)cc1. The van der Waals surface area contributed by atoms with Gasteiger partial charge in [0, 0.05) is 16.7 Å². The molecule has 0 unspecified atom stereocenters. The van der Waals surface area contributed by atoms with E-state index < -0.39 is 15.4 Å². The first-order chi connectivity index (χ1) is 14.6. The highest BCUT2D eigenvalue weighted by molar-refractivity contribution is 9.10. The number of halogens is 1. The number of amides is 1. The molecule has 0 bridgehead atoms. The highest BCUT2D eigenvalue weighted by Crippen LogP contribution is 2.23. The van der Waals surface area contributed by atoms with E-state index in [-0.39, 0.29) is 22.2 Å². The molecule has 3 rings (SSSR count). The minimum absolute atomic E-state index is 0.0233. The molecule has 1 heterocycles. The maximum absolute atomic E-state index is 13.1. The van der Waals surface area contributed by atoms with Crippen LogP contribution in [0.2, 0.25) is 0 Å². The molecule has 2 aromatic carbocycles. The quantitative estimate of drug-likeness (QED) is 0.556. The summed E-state index contributed by atoms with van der Waals surface area (Å²) in [6.07, 6.45) is 0. The summed E-state index contributed by atoms with van der Waals surface area (Å²) in [5.74, 6) is -0.374. The van der Waals surface area contributed by atoms with Crippen LogP contribution in [0.15, 0.2) is 73.7 Å². The summed E-state index contributed by atoms with van der Waals surface area (Å²) in [7, 11) is -4.04. The first kappa shape index (κ1) is 23.0.